The van der Waals surface area contributed by atoms with Crippen molar-refractivity contribution >= 4 is 39.0 Å². The summed E-state index contributed by atoms with van der Waals surface area (Å²) >= 11 is 5.81. The standard InChI is InChI=1S/C17H20ClN5O3S/c1-19-17(24)15-10-13(11-21-16(15)23-8-6-20-7-9-23)22-27(25,26)14-4-2-12(18)3-5-14/h2-5,10-11,20,22H,6-9H2,1H3,(H,19,24). The molecular formula is C17H20ClN5O3S. The molecular weight excluding hydrogens is 390 g/mol. The molecule has 0 unspecified atom stereocenters. The second-order valence-corrected chi connectivity index (χ2v) is 8.09. The van der Waals surface area contributed by atoms with E-state index in [1.807, 2.05) is 4.90 Å². The molecule has 1 aliphatic rings. The first kappa shape index (κ1) is 19.4. The Morgan fingerprint density at radius 3 is 2.52 bits per heavy atom. The lowest BCUT2D eigenvalue weighted by atomic mass is 10.2. The number of hydrogen-bond acceptors (Lipinski definition) is 6. The largest absolute Gasteiger partial charge is 0.355 e. The molecule has 3 rings (SSSR count). The molecule has 1 aliphatic heterocycles. The minimum Gasteiger partial charge on any atom is -0.355 e. The van der Waals surface area contributed by atoms with Crippen LogP contribution in [0.2, 0.25) is 5.02 Å². The van der Waals surface area contributed by atoms with E-state index in [1.54, 1.807) is 0 Å². The van der Waals surface area contributed by atoms with Crippen LogP contribution >= 0.6 is 11.6 Å². The predicted octanol–water partition coefficient (Wildman–Crippen LogP) is 1.30. The van der Waals surface area contributed by atoms with E-state index >= 15 is 0 Å². The Morgan fingerprint density at radius 2 is 1.89 bits per heavy atom. The van der Waals surface area contributed by atoms with E-state index in [2.05, 4.69) is 20.3 Å². The zero-order valence-electron chi connectivity index (χ0n) is 14.7. The highest BCUT2D eigenvalue weighted by molar-refractivity contribution is 7.92. The van der Waals surface area contributed by atoms with Gasteiger partial charge in [0, 0.05) is 38.2 Å². The van der Waals surface area contributed by atoms with Crippen molar-refractivity contribution in [2.24, 2.45) is 0 Å². The highest BCUT2D eigenvalue weighted by atomic mass is 35.5. The van der Waals surface area contributed by atoms with Gasteiger partial charge in [0.1, 0.15) is 5.82 Å². The molecule has 0 bridgehead atoms. The number of rotatable bonds is 5. The number of halogens is 1. The fourth-order valence-electron chi connectivity index (χ4n) is 2.77. The van der Waals surface area contributed by atoms with Gasteiger partial charge in [0.05, 0.1) is 22.3 Å². The van der Waals surface area contributed by atoms with Gasteiger partial charge < -0.3 is 15.5 Å². The minimum atomic E-state index is -3.82. The van der Waals surface area contributed by atoms with E-state index in [4.69, 9.17) is 11.6 Å². The molecule has 1 aromatic heterocycles. The van der Waals surface area contributed by atoms with Crippen molar-refractivity contribution in [2.75, 3.05) is 42.8 Å². The van der Waals surface area contributed by atoms with Crippen molar-refractivity contribution in [1.29, 1.82) is 0 Å². The van der Waals surface area contributed by atoms with Gasteiger partial charge in [-0.25, -0.2) is 13.4 Å². The van der Waals surface area contributed by atoms with Crippen molar-refractivity contribution in [3.05, 3.63) is 47.1 Å². The van der Waals surface area contributed by atoms with Crippen molar-refractivity contribution in [3.63, 3.8) is 0 Å². The van der Waals surface area contributed by atoms with Crippen LogP contribution < -0.4 is 20.3 Å². The second-order valence-electron chi connectivity index (χ2n) is 5.97. The normalized spacial score (nSPS) is 14.7. The molecule has 27 heavy (non-hydrogen) atoms. The molecule has 2 aromatic rings. The summed E-state index contributed by atoms with van der Waals surface area (Å²) in [4.78, 5) is 18.7. The van der Waals surface area contributed by atoms with Gasteiger partial charge >= 0.3 is 0 Å². The van der Waals surface area contributed by atoms with E-state index < -0.39 is 10.0 Å². The molecule has 0 spiro atoms. The molecule has 2 heterocycles. The Bertz CT molecular complexity index is 928. The van der Waals surface area contributed by atoms with E-state index in [9.17, 15) is 13.2 Å². The highest BCUT2D eigenvalue weighted by Crippen LogP contribution is 2.24. The summed E-state index contributed by atoms with van der Waals surface area (Å²) in [7, 11) is -2.30. The number of aromatic nitrogens is 1. The SMILES string of the molecule is CNC(=O)c1cc(NS(=O)(=O)c2ccc(Cl)cc2)cnc1N1CCNCC1. The van der Waals surface area contributed by atoms with Crippen LogP contribution in [0.15, 0.2) is 41.4 Å². The summed E-state index contributed by atoms with van der Waals surface area (Å²) in [6.07, 6.45) is 1.41. The predicted molar refractivity (Wildman–Crippen MR) is 105 cm³/mol. The van der Waals surface area contributed by atoms with Gasteiger partial charge in [-0.3, -0.25) is 9.52 Å². The fraction of sp³-hybridized carbons (Fsp3) is 0.294. The summed E-state index contributed by atoms with van der Waals surface area (Å²) in [5.74, 6) is 0.203. The lowest BCUT2D eigenvalue weighted by Crippen LogP contribution is -2.44. The van der Waals surface area contributed by atoms with Crippen LogP contribution in [0.3, 0.4) is 0 Å². The first-order valence-electron chi connectivity index (χ1n) is 8.37. The monoisotopic (exact) mass is 409 g/mol. The molecule has 1 amide bonds. The highest BCUT2D eigenvalue weighted by Gasteiger charge is 2.21. The Hall–Kier alpha value is -2.36. The number of carbonyl (C=O) groups is 1. The lowest BCUT2D eigenvalue weighted by molar-refractivity contribution is 0.0963. The topological polar surface area (TPSA) is 103 Å². The summed E-state index contributed by atoms with van der Waals surface area (Å²) in [5, 5.41) is 6.26. The molecule has 0 radical (unpaired) electrons. The Kier molecular flexibility index (Phi) is 5.83. The Morgan fingerprint density at radius 1 is 1.22 bits per heavy atom. The Labute approximate surface area is 163 Å². The minimum absolute atomic E-state index is 0.0691. The van der Waals surface area contributed by atoms with Crippen molar-refractivity contribution in [2.45, 2.75) is 4.90 Å². The summed E-state index contributed by atoms with van der Waals surface area (Å²) in [6.45, 7) is 3.01. The molecule has 1 saturated heterocycles. The van der Waals surface area contributed by atoms with Crippen molar-refractivity contribution in [1.82, 2.24) is 15.6 Å². The first-order valence-corrected chi connectivity index (χ1v) is 10.2. The van der Waals surface area contributed by atoms with Crippen LogP contribution in [0, 0.1) is 0 Å². The van der Waals surface area contributed by atoms with E-state index in [0.717, 1.165) is 13.1 Å². The number of benzene rings is 1. The number of amides is 1. The number of nitrogens with one attached hydrogen (secondary N) is 3. The average molecular weight is 410 g/mol. The maximum absolute atomic E-state index is 12.5. The number of piperazine rings is 1. The average Bonchev–Trinajstić information content (AvgIpc) is 2.68. The molecule has 0 saturated carbocycles. The van der Waals surface area contributed by atoms with Crippen molar-refractivity contribution in [3.8, 4) is 0 Å². The number of carbonyl (C=O) groups excluding carboxylic acids is 1. The molecule has 1 fully saturated rings. The molecule has 8 nitrogen and oxygen atoms in total. The van der Waals surface area contributed by atoms with Gasteiger partial charge in [-0.1, -0.05) is 11.6 Å². The van der Waals surface area contributed by atoms with Crippen LogP contribution in [0.25, 0.3) is 0 Å². The zero-order chi connectivity index (χ0) is 19.4. The van der Waals surface area contributed by atoms with Gasteiger partial charge in [0.15, 0.2) is 0 Å². The Balaban J connectivity index is 1.92. The third-order valence-electron chi connectivity index (χ3n) is 4.13. The number of sulfonamides is 1. The molecule has 0 aliphatic carbocycles. The third kappa shape index (κ3) is 4.49. The summed E-state index contributed by atoms with van der Waals surface area (Å²) < 4.78 is 27.6. The number of anilines is 2. The number of hydrogen-bond donors (Lipinski definition) is 3. The van der Waals surface area contributed by atoms with Gasteiger partial charge in [-0.2, -0.15) is 0 Å². The second kappa shape index (κ2) is 8.12. The number of pyridine rings is 1. The quantitative estimate of drug-likeness (QED) is 0.687. The van der Waals surface area contributed by atoms with Crippen LogP contribution in [0.5, 0.6) is 0 Å². The third-order valence-corrected chi connectivity index (χ3v) is 5.78. The van der Waals surface area contributed by atoms with Crippen molar-refractivity contribution < 1.29 is 13.2 Å². The van der Waals surface area contributed by atoms with Gasteiger partial charge in [0.25, 0.3) is 15.9 Å². The lowest BCUT2D eigenvalue weighted by Gasteiger charge is -2.29. The van der Waals surface area contributed by atoms with Gasteiger partial charge in [-0.15, -0.1) is 0 Å². The van der Waals surface area contributed by atoms with E-state index in [-0.39, 0.29) is 16.5 Å². The molecule has 3 N–H and O–H groups in total. The molecule has 0 atom stereocenters. The van der Waals surface area contributed by atoms with Gasteiger partial charge in [0.2, 0.25) is 0 Å². The van der Waals surface area contributed by atoms with Crippen LogP contribution in [-0.2, 0) is 10.0 Å². The van der Waals surface area contributed by atoms with Crippen LogP contribution in [-0.4, -0.2) is 52.5 Å². The smallest absolute Gasteiger partial charge is 0.261 e. The van der Waals surface area contributed by atoms with E-state index in [0.29, 0.717) is 29.5 Å². The summed E-state index contributed by atoms with van der Waals surface area (Å²) in [6, 6.07) is 7.31. The van der Waals surface area contributed by atoms with Crippen LogP contribution in [0.4, 0.5) is 11.5 Å². The van der Waals surface area contributed by atoms with E-state index in [1.165, 1.54) is 43.6 Å². The summed E-state index contributed by atoms with van der Waals surface area (Å²) in [5.41, 5.74) is 0.526. The maximum atomic E-state index is 12.5. The molecule has 144 valence electrons. The molecule has 10 heteroatoms. The first-order chi connectivity index (χ1) is 12.9. The molecule has 1 aromatic carbocycles. The van der Waals surface area contributed by atoms with Crippen LogP contribution in [0.1, 0.15) is 10.4 Å². The zero-order valence-corrected chi connectivity index (χ0v) is 16.3. The number of nitrogens with zero attached hydrogens (tertiary/aromatic N) is 2. The maximum Gasteiger partial charge on any atom is 0.261 e. The fourth-order valence-corrected chi connectivity index (χ4v) is 3.93. The van der Waals surface area contributed by atoms with Gasteiger partial charge in [-0.05, 0) is 30.3 Å².